The van der Waals surface area contributed by atoms with Crippen LogP contribution in [-0.2, 0) is 41.5 Å². The van der Waals surface area contributed by atoms with Crippen LogP contribution in [0, 0.1) is 0 Å². The molecule has 1 atom stereocenters. The molecule has 8 heteroatoms. The standard InChI is InChI=1S/C27H30N2O6/c1-4-18-19-8-6-7-9-22(19)28-25-20(18)14-29-13-17-15-34-26(31)27(5-2,21(17)12-23(25)29)35-24(30)16-33-11-10-32-3/h6-9,12H,4-5,10-11,13-16H2,1-3H3/t27-/m0/s1. The van der Waals surface area contributed by atoms with Crippen LogP contribution >= 0.6 is 0 Å². The number of pyridine rings is 1. The highest BCUT2D eigenvalue weighted by atomic mass is 16.6. The first kappa shape index (κ1) is 23.5. The van der Waals surface area contributed by atoms with Gasteiger partial charge in [0.25, 0.3) is 0 Å². The maximum Gasteiger partial charge on any atom is 0.355 e. The molecule has 0 saturated heterocycles. The number of rotatable bonds is 8. The second-order valence-electron chi connectivity index (χ2n) is 8.97. The number of fused-ring (bicyclic) bond motifs is 4. The molecule has 0 spiro atoms. The maximum atomic E-state index is 13.1. The van der Waals surface area contributed by atoms with Crippen LogP contribution in [0.4, 0.5) is 0 Å². The van der Waals surface area contributed by atoms with E-state index in [2.05, 4.69) is 17.9 Å². The molecule has 4 heterocycles. The van der Waals surface area contributed by atoms with Gasteiger partial charge < -0.3 is 23.8 Å². The smallest absolute Gasteiger partial charge is 0.355 e. The molecule has 0 bridgehead atoms. The first-order valence-corrected chi connectivity index (χ1v) is 12.1. The fraction of sp³-hybridized carbons (Fsp3) is 0.444. The molecule has 1 aromatic heterocycles. The Balaban J connectivity index is 1.54. The van der Waals surface area contributed by atoms with Crippen molar-refractivity contribution in [3.63, 3.8) is 0 Å². The van der Waals surface area contributed by atoms with Crippen molar-refractivity contribution in [3.05, 3.63) is 58.3 Å². The van der Waals surface area contributed by atoms with Crippen LogP contribution in [0.3, 0.4) is 0 Å². The first-order valence-electron chi connectivity index (χ1n) is 12.1. The highest BCUT2D eigenvalue weighted by Gasteiger charge is 2.51. The Morgan fingerprint density at radius 2 is 2.03 bits per heavy atom. The number of esters is 2. The number of ether oxygens (including phenoxy) is 4. The molecule has 8 nitrogen and oxygen atoms in total. The average Bonchev–Trinajstić information content (AvgIpc) is 3.23. The van der Waals surface area contributed by atoms with Gasteiger partial charge >= 0.3 is 11.9 Å². The molecule has 0 amide bonds. The number of methoxy groups -OCH3 is 1. The molecule has 2 aromatic rings. The highest BCUT2D eigenvalue weighted by Crippen LogP contribution is 2.45. The van der Waals surface area contributed by atoms with E-state index in [4.69, 9.17) is 23.9 Å². The predicted molar refractivity (Wildman–Crippen MR) is 129 cm³/mol. The quantitative estimate of drug-likeness (QED) is 0.422. The van der Waals surface area contributed by atoms with E-state index in [0.717, 1.165) is 35.4 Å². The first-order chi connectivity index (χ1) is 17.0. The summed E-state index contributed by atoms with van der Waals surface area (Å²) in [6, 6.07) is 8.20. The Morgan fingerprint density at radius 3 is 2.80 bits per heavy atom. The van der Waals surface area contributed by atoms with Gasteiger partial charge in [0.2, 0.25) is 5.60 Å². The van der Waals surface area contributed by atoms with E-state index in [1.165, 1.54) is 16.5 Å². The van der Waals surface area contributed by atoms with E-state index in [0.29, 0.717) is 18.7 Å². The number of benzene rings is 1. The Labute approximate surface area is 204 Å². The topological polar surface area (TPSA) is 87.2 Å². The summed E-state index contributed by atoms with van der Waals surface area (Å²) in [5.74, 6) is -1.16. The molecule has 0 aliphatic carbocycles. The van der Waals surface area contributed by atoms with Gasteiger partial charge in [-0.2, -0.15) is 0 Å². The molecule has 0 unspecified atom stereocenters. The van der Waals surface area contributed by atoms with Gasteiger partial charge in [0.05, 0.1) is 30.1 Å². The number of hydrogen-bond acceptors (Lipinski definition) is 8. The van der Waals surface area contributed by atoms with Crippen molar-refractivity contribution in [2.45, 2.75) is 38.8 Å². The van der Waals surface area contributed by atoms with Gasteiger partial charge in [-0.1, -0.05) is 32.0 Å². The van der Waals surface area contributed by atoms with Crippen molar-refractivity contribution in [1.82, 2.24) is 9.88 Å². The zero-order valence-electron chi connectivity index (χ0n) is 20.4. The Morgan fingerprint density at radius 1 is 1.20 bits per heavy atom. The fourth-order valence-corrected chi connectivity index (χ4v) is 5.32. The van der Waals surface area contributed by atoms with Gasteiger partial charge in [0, 0.05) is 36.7 Å². The second kappa shape index (κ2) is 9.43. The molecule has 0 radical (unpaired) electrons. The van der Waals surface area contributed by atoms with E-state index in [-0.39, 0.29) is 26.2 Å². The lowest BCUT2D eigenvalue weighted by Crippen LogP contribution is -2.51. The second-order valence-corrected chi connectivity index (χ2v) is 8.97. The monoisotopic (exact) mass is 478 g/mol. The zero-order valence-corrected chi connectivity index (χ0v) is 20.4. The number of carbonyl (C=O) groups excluding carboxylic acids is 2. The molecular weight excluding hydrogens is 448 g/mol. The number of hydrogen-bond donors (Lipinski definition) is 0. The summed E-state index contributed by atoms with van der Waals surface area (Å²) >= 11 is 0. The average molecular weight is 479 g/mol. The molecule has 1 aromatic carbocycles. The molecule has 5 rings (SSSR count). The predicted octanol–water partition coefficient (Wildman–Crippen LogP) is 3.18. The largest absolute Gasteiger partial charge is 0.458 e. The summed E-state index contributed by atoms with van der Waals surface area (Å²) in [5, 5.41) is 1.18. The molecule has 35 heavy (non-hydrogen) atoms. The normalized spacial score (nSPS) is 20.8. The van der Waals surface area contributed by atoms with Crippen LogP contribution in [0.15, 0.2) is 41.5 Å². The van der Waals surface area contributed by atoms with Crippen molar-refractivity contribution in [1.29, 1.82) is 0 Å². The number of cyclic esters (lactones) is 1. The number of para-hydroxylation sites is 1. The lowest BCUT2D eigenvalue weighted by molar-refractivity contribution is -0.182. The third kappa shape index (κ3) is 3.90. The van der Waals surface area contributed by atoms with Crippen molar-refractivity contribution in [3.8, 4) is 0 Å². The molecule has 3 aliphatic rings. The van der Waals surface area contributed by atoms with Crippen LogP contribution in [0.25, 0.3) is 16.6 Å². The third-order valence-corrected chi connectivity index (χ3v) is 7.02. The highest BCUT2D eigenvalue weighted by molar-refractivity contribution is 5.93. The Kier molecular flexibility index (Phi) is 6.34. The molecule has 0 saturated carbocycles. The van der Waals surface area contributed by atoms with Crippen LogP contribution in [0.1, 0.15) is 37.1 Å². The Hall–Kier alpha value is -3.23. The van der Waals surface area contributed by atoms with Gasteiger partial charge in [-0.15, -0.1) is 0 Å². The van der Waals surface area contributed by atoms with Gasteiger partial charge in [0.15, 0.2) is 0 Å². The molecule has 0 N–H and O–H groups in total. The van der Waals surface area contributed by atoms with Crippen LogP contribution in [0.2, 0.25) is 0 Å². The van der Waals surface area contributed by atoms with Crippen molar-refractivity contribution < 1.29 is 28.5 Å². The van der Waals surface area contributed by atoms with Gasteiger partial charge in [-0.3, -0.25) is 0 Å². The minimum atomic E-state index is -1.50. The van der Waals surface area contributed by atoms with Crippen LogP contribution < -0.4 is 0 Å². The summed E-state index contributed by atoms with van der Waals surface area (Å²) in [6.45, 7) is 5.88. The number of nitrogens with zero attached hydrogens (tertiary/aromatic N) is 2. The van der Waals surface area contributed by atoms with E-state index in [1.54, 1.807) is 7.11 Å². The summed E-state index contributed by atoms with van der Waals surface area (Å²) in [5.41, 5.74) is 5.51. The lowest BCUT2D eigenvalue weighted by Gasteiger charge is -2.40. The van der Waals surface area contributed by atoms with Gasteiger partial charge in [0.1, 0.15) is 13.2 Å². The summed E-state index contributed by atoms with van der Waals surface area (Å²) in [7, 11) is 1.56. The summed E-state index contributed by atoms with van der Waals surface area (Å²) < 4.78 is 21.6. The van der Waals surface area contributed by atoms with Gasteiger partial charge in [-0.05, 0) is 36.1 Å². The minimum Gasteiger partial charge on any atom is -0.458 e. The maximum absolute atomic E-state index is 13.1. The molecule has 0 fully saturated rings. The SMILES string of the molecule is CCc1c2c(nc3ccccc13)C1=CC3=C(COC(=O)[C@@]3(CC)OC(=O)COCCOC)CN1C2. The van der Waals surface area contributed by atoms with E-state index >= 15 is 0 Å². The number of carbonyl (C=O) groups is 2. The molecule has 3 aliphatic heterocycles. The fourth-order valence-electron chi connectivity index (χ4n) is 5.32. The number of aromatic nitrogens is 1. The van der Waals surface area contributed by atoms with Crippen LogP contribution in [0.5, 0.6) is 0 Å². The zero-order chi connectivity index (χ0) is 24.6. The van der Waals surface area contributed by atoms with E-state index in [9.17, 15) is 9.59 Å². The Bertz CT molecular complexity index is 1250. The minimum absolute atomic E-state index is 0.185. The molecule has 184 valence electrons. The summed E-state index contributed by atoms with van der Waals surface area (Å²) in [6.07, 6.45) is 3.14. The van der Waals surface area contributed by atoms with Crippen LogP contribution in [-0.4, -0.2) is 67.5 Å². The van der Waals surface area contributed by atoms with E-state index in [1.807, 2.05) is 31.2 Å². The third-order valence-electron chi connectivity index (χ3n) is 7.02. The lowest BCUT2D eigenvalue weighted by atomic mass is 9.82. The molecular formula is C27H30N2O6. The van der Waals surface area contributed by atoms with E-state index < -0.39 is 17.5 Å². The number of aryl methyl sites for hydroxylation is 1. The van der Waals surface area contributed by atoms with Crippen molar-refractivity contribution in [2.75, 3.05) is 40.1 Å². The van der Waals surface area contributed by atoms with Crippen molar-refractivity contribution >= 4 is 28.5 Å². The van der Waals surface area contributed by atoms with Crippen molar-refractivity contribution in [2.24, 2.45) is 0 Å². The van der Waals surface area contributed by atoms with Gasteiger partial charge in [-0.25, -0.2) is 14.6 Å². The summed E-state index contributed by atoms with van der Waals surface area (Å²) in [4.78, 5) is 33.0.